The number of nitrogens with zero attached hydrogens (tertiary/aromatic N) is 2. The van der Waals surface area contributed by atoms with Crippen molar-refractivity contribution in [2.24, 2.45) is 5.10 Å². The van der Waals surface area contributed by atoms with Gasteiger partial charge >= 0.3 is 0 Å². The highest BCUT2D eigenvalue weighted by Gasteiger charge is 2.33. The van der Waals surface area contributed by atoms with Gasteiger partial charge < -0.3 is 9.47 Å². The number of methoxy groups -OCH3 is 1. The number of nitrogens with one attached hydrogen (secondary N) is 1. The van der Waals surface area contributed by atoms with Crippen LogP contribution in [0, 0.1) is 0 Å². The van der Waals surface area contributed by atoms with E-state index in [2.05, 4.69) is 17.1 Å². The molecule has 0 saturated carbocycles. The number of carbonyl (C=O) groups excluding carboxylic acids is 2. The zero-order chi connectivity index (χ0) is 24.0. The van der Waals surface area contributed by atoms with Crippen molar-refractivity contribution in [3.05, 3.63) is 74.6 Å². The van der Waals surface area contributed by atoms with E-state index in [9.17, 15) is 9.59 Å². The Labute approximate surface area is 210 Å². The fraction of sp³-hybridized carbons (Fsp3) is 0.136. The summed E-state index contributed by atoms with van der Waals surface area (Å²) >= 11 is 19.0. The number of hydrogen-bond donors (Lipinski definition) is 1. The van der Waals surface area contributed by atoms with Crippen LogP contribution >= 0.6 is 46.6 Å². The summed E-state index contributed by atoms with van der Waals surface area (Å²) in [5.41, 5.74) is 3.20. The molecule has 1 aliphatic rings. The SMILES string of the molecule is C=CCN1C(=O)C(=Cc2ccc(OC)cc2)SC1=NNC(=O)COc1cc(Cl)c(Cl)cc1Cl. The monoisotopic (exact) mass is 525 g/mol. The van der Waals surface area contributed by atoms with Crippen LogP contribution in [-0.4, -0.2) is 42.1 Å². The summed E-state index contributed by atoms with van der Waals surface area (Å²) in [4.78, 5) is 26.9. The predicted molar refractivity (Wildman–Crippen MR) is 133 cm³/mol. The Morgan fingerprint density at radius 1 is 1.18 bits per heavy atom. The third-order valence-corrected chi connectivity index (χ3v) is 6.25. The van der Waals surface area contributed by atoms with Gasteiger partial charge in [-0.3, -0.25) is 14.5 Å². The number of hydrazone groups is 1. The van der Waals surface area contributed by atoms with Crippen LogP contribution in [0.4, 0.5) is 0 Å². The first kappa shape index (κ1) is 25.0. The van der Waals surface area contributed by atoms with Crippen LogP contribution in [0.2, 0.25) is 15.1 Å². The van der Waals surface area contributed by atoms with Gasteiger partial charge in [0.1, 0.15) is 11.5 Å². The molecule has 0 aliphatic carbocycles. The second-order valence-corrected chi connectivity index (χ2v) is 8.73. The lowest BCUT2D eigenvalue weighted by molar-refractivity contribution is -0.123. The molecule has 0 unspecified atom stereocenters. The lowest BCUT2D eigenvalue weighted by Gasteiger charge is -2.12. The largest absolute Gasteiger partial charge is 0.497 e. The lowest BCUT2D eigenvalue weighted by atomic mass is 10.2. The summed E-state index contributed by atoms with van der Waals surface area (Å²) in [6.45, 7) is 3.53. The Kier molecular flexibility index (Phi) is 8.68. The number of carbonyl (C=O) groups is 2. The first-order valence-electron chi connectivity index (χ1n) is 9.42. The Bertz CT molecular complexity index is 1140. The third-order valence-electron chi connectivity index (χ3n) is 4.22. The minimum absolute atomic E-state index is 0.206. The number of ether oxygens (including phenoxy) is 2. The minimum atomic E-state index is -0.552. The number of halogens is 3. The molecule has 7 nitrogen and oxygen atoms in total. The number of thioether (sulfide) groups is 1. The number of amides is 2. The number of rotatable bonds is 8. The molecule has 1 fully saturated rings. The molecule has 3 rings (SSSR count). The van der Waals surface area contributed by atoms with Crippen molar-refractivity contribution in [2.75, 3.05) is 20.3 Å². The zero-order valence-corrected chi connectivity index (χ0v) is 20.4. The van der Waals surface area contributed by atoms with Gasteiger partial charge in [-0.2, -0.15) is 0 Å². The maximum atomic E-state index is 12.8. The zero-order valence-electron chi connectivity index (χ0n) is 17.3. The highest BCUT2D eigenvalue weighted by atomic mass is 35.5. The van der Waals surface area contributed by atoms with Gasteiger partial charge in [-0.05, 0) is 41.6 Å². The van der Waals surface area contributed by atoms with E-state index in [1.165, 1.54) is 17.0 Å². The quantitative estimate of drug-likeness (QED) is 0.221. The molecule has 11 heteroatoms. The lowest BCUT2D eigenvalue weighted by Crippen LogP contribution is -2.32. The fourth-order valence-corrected chi connectivity index (χ4v) is 4.17. The smallest absolute Gasteiger partial charge is 0.278 e. The van der Waals surface area contributed by atoms with Gasteiger partial charge in [-0.15, -0.1) is 11.7 Å². The van der Waals surface area contributed by atoms with Crippen molar-refractivity contribution in [1.82, 2.24) is 10.3 Å². The number of benzene rings is 2. The Morgan fingerprint density at radius 3 is 2.55 bits per heavy atom. The first-order chi connectivity index (χ1) is 15.8. The molecule has 1 heterocycles. The molecule has 2 aromatic rings. The summed E-state index contributed by atoms with van der Waals surface area (Å²) in [6.07, 6.45) is 3.31. The van der Waals surface area contributed by atoms with Crippen molar-refractivity contribution in [3.8, 4) is 11.5 Å². The van der Waals surface area contributed by atoms with E-state index in [4.69, 9.17) is 44.3 Å². The molecule has 0 radical (unpaired) electrons. The predicted octanol–water partition coefficient (Wildman–Crippen LogP) is 5.22. The molecule has 33 heavy (non-hydrogen) atoms. The second-order valence-electron chi connectivity index (χ2n) is 6.50. The van der Waals surface area contributed by atoms with Gasteiger partial charge in [-0.1, -0.05) is 53.0 Å². The van der Waals surface area contributed by atoms with Gasteiger partial charge in [0, 0.05) is 12.6 Å². The summed E-state index contributed by atoms with van der Waals surface area (Å²) in [7, 11) is 1.58. The summed E-state index contributed by atoms with van der Waals surface area (Å²) in [6, 6.07) is 10.1. The third kappa shape index (κ3) is 6.45. The summed E-state index contributed by atoms with van der Waals surface area (Å²) in [5, 5.41) is 5.11. The molecule has 1 saturated heterocycles. The molecule has 0 bridgehead atoms. The van der Waals surface area contributed by atoms with E-state index < -0.39 is 5.91 Å². The maximum Gasteiger partial charge on any atom is 0.278 e. The molecule has 0 atom stereocenters. The van der Waals surface area contributed by atoms with Crippen molar-refractivity contribution in [2.45, 2.75) is 0 Å². The van der Waals surface area contributed by atoms with E-state index in [1.807, 2.05) is 12.1 Å². The van der Waals surface area contributed by atoms with E-state index in [0.717, 1.165) is 17.3 Å². The van der Waals surface area contributed by atoms with Crippen molar-refractivity contribution in [1.29, 1.82) is 0 Å². The fourth-order valence-electron chi connectivity index (χ4n) is 2.63. The Hall–Kier alpha value is -2.65. The van der Waals surface area contributed by atoms with E-state index in [0.29, 0.717) is 15.8 Å². The molecule has 2 amide bonds. The van der Waals surface area contributed by atoms with E-state index >= 15 is 0 Å². The molecule has 2 aromatic carbocycles. The first-order valence-corrected chi connectivity index (χ1v) is 11.4. The molecular weight excluding hydrogens is 509 g/mol. The Morgan fingerprint density at radius 2 is 1.88 bits per heavy atom. The normalized spacial score (nSPS) is 15.8. The van der Waals surface area contributed by atoms with Gasteiger partial charge in [0.15, 0.2) is 11.8 Å². The Balaban J connectivity index is 1.68. The number of hydrogen-bond acceptors (Lipinski definition) is 6. The average Bonchev–Trinajstić information content (AvgIpc) is 3.09. The highest BCUT2D eigenvalue weighted by Crippen LogP contribution is 2.34. The van der Waals surface area contributed by atoms with Crippen molar-refractivity contribution < 1.29 is 19.1 Å². The van der Waals surface area contributed by atoms with Crippen LogP contribution in [-0.2, 0) is 9.59 Å². The van der Waals surface area contributed by atoms with Gasteiger partial charge in [0.25, 0.3) is 11.8 Å². The van der Waals surface area contributed by atoms with Crippen LogP contribution < -0.4 is 14.9 Å². The van der Waals surface area contributed by atoms with Crippen LogP contribution in [0.15, 0.2) is 59.1 Å². The van der Waals surface area contributed by atoms with Crippen LogP contribution in [0.25, 0.3) is 6.08 Å². The molecule has 1 N–H and O–H groups in total. The van der Waals surface area contributed by atoms with Crippen LogP contribution in [0.3, 0.4) is 0 Å². The van der Waals surface area contributed by atoms with E-state index in [-0.39, 0.29) is 39.9 Å². The average molecular weight is 527 g/mol. The van der Waals surface area contributed by atoms with Crippen LogP contribution in [0.1, 0.15) is 5.56 Å². The molecule has 0 aromatic heterocycles. The van der Waals surface area contributed by atoms with Crippen LogP contribution in [0.5, 0.6) is 11.5 Å². The number of amidine groups is 1. The second kappa shape index (κ2) is 11.5. The standard InChI is InChI=1S/C22H18Cl3N3O4S/c1-3-8-28-21(30)19(9-13-4-6-14(31-2)7-5-13)33-22(28)27-26-20(29)12-32-18-11-16(24)15(23)10-17(18)25/h3-7,9-11H,1,8,12H2,2H3,(H,26,29). The maximum absolute atomic E-state index is 12.8. The molecule has 0 spiro atoms. The highest BCUT2D eigenvalue weighted by molar-refractivity contribution is 8.18. The molecular formula is C22H18Cl3N3O4S. The van der Waals surface area contributed by atoms with E-state index in [1.54, 1.807) is 31.4 Å². The molecule has 1 aliphatic heterocycles. The topological polar surface area (TPSA) is 80.2 Å². The van der Waals surface area contributed by atoms with Crippen molar-refractivity contribution in [3.63, 3.8) is 0 Å². The summed E-state index contributed by atoms with van der Waals surface area (Å²) in [5.74, 6) is 0.119. The van der Waals surface area contributed by atoms with Gasteiger partial charge in [0.05, 0.1) is 27.1 Å². The van der Waals surface area contributed by atoms with Gasteiger partial charge in [-0.25, -0.2) is 5.43 Å². The van der Waals surface area contributed by atoms with Crippen molar-refractivity contribution >= 4 is 69.6 Å². The van der Waals surface area contributed by atoms with Gasteiger partial charge in [0.2, 0.25) is 0 Å². The summed E-state index contributed by atoms with van der Waals surface area (Å²) < 4.78 is 10.5. The minimum Gasteiger partial charge on any atom is -0.497 e. The molecule has 172 valence electrons.